The summed E-state index contributed by atoms with van der Waals surface area (Å²) in [5.74, 6) is -1.16. The second-order valence-electron chi connectivity index (χ2n) is 5.02. The zero-order valence-corrected chi connectivity index (χ0v) is 10.9. The molecule has 1 atom stereocenters. The second kappa shape index (κ2) is 4.96. The number of nitrogens with one attached hydrogen (secondary N) is 1. The molecule has 2 N–H and O–H groups in total. The van der Waals surface area contributed by atoms with E-state index >= 15 is 0 Å². The van der Waals surface area contributed by atoms with Crippen molar-refractivity contribution in [3.8, 4) is 0 Å². The SMILES string of the molecule is O=C(O)[C@@H]1CCCCN1C(=O)c1ccc2cn[nH]c2c1. The van der Waals surface area contributed by atoms with Crippen LogP contribution in [-0.4, -0.2) is 44.7 Å². The van der Waals surface area contributed by atoms with E-state index in [-0.39, 0.29) is 5.91 Å². The maximum Gasteiger partial charge on any atom is 0.326 e. The monoisotopic (exact) mass is 273 g/mol. The summed E-state index contributed by atoms with van der Waals surface area (Å²) >= 11 is 0. The van der Waals surface area contributed by atoms with Crippen LogP contribution in [0.3, 0.4) is 0 Å². The number of hydrogen-bond donors (Lipinski definition) is 2. The van der Waals surface area contributed by atoms with Crippen molar-refractivity contribution in [3.05, 3.63) is 30.0 Å². The minimum absolute atomic E-state index is 0.228. The third kappa shape index (κ3) is 2.13. The Morgan fingerprint density at radius 2 is 2.20 bits per heavy atom. The molecule has 0 unspecified atom stereocenters. The van der Waals surface area contributed by atoms with Crippen LogP contribution in [0.25, 0.3) is 10.9 Å². The first-order valence-corrected chi connectivity index (χ1v) is 6.64. The molecule has 1 fully saturated rings. The Morgan fingerprint density at radius 1 is 1.35 bits per heavy atom. The average molecular weight is 273 g/mol. The molecule has 2 aromatic rings. The minimum atomic E-state index is -0.930. The summed E-state index contributed by atoms with van der Waals surface area (Å²) < 4.78 is 0. The Balaban J connectivity index is 1.91. The Bertz CT molecular complexity index is 664. The number of amides is 1. The molecule has 1 amide bonds. The van der Waals surface area contributed by atoms with Crippen LogP contribution in [0.1, 0.15) is 29.6 Å². The second-order valence-corrected chi connectivity index (χ2v) is 5.02. The van der Waals surface area contributed by atoms with Crippen molar-refractivity contribution in [1.29, 1.82) is 0 Å². The van der Waals surface area contributed by atoms with E-state index in [1.807, 2.05) is 6.07 Å². The molecule has 1 aliphatic heterocycles. The Kier molecular flexibility index (Phi) is 3.14. The molecular weight excluding hydrogens is 258 g/mol. The van der Waals surface area contributed by atoms with Gasteiger partial charge in [-0.1, -0.05) is 6.07 Å². The van der Waals surface area contributed by atoms with Crippen LogP contribution in [-0.2, 0) is 4.79 Å². The van der Waals surface area contributed by atoms with Crippen LogP contribution in [0.2, 0.25) is 0 Å². The van der Waals surface area contributed by atoms with Crippen molar-refractivity contribution in [2.75, 3.05) is 6.54 Å². The topological polar surface area (TPSA) is 86.3 Å². The molecule has 104 valence electrons. The smallest absolute Gasteiger partial charge is 0.326 e. The molecule has 0 saturated carbocycles. The van der Waals surface area contributed by atoms with Gasteiger partial charge < -0.3 is 10.0 Å². The Labute approximate surface area is 115 Å². The number of carboxylic acid groups (broad SMARTS) is 1. The number of nitrogens with zero attached hydrogens (tertiary/aromatic N) is 2. The van der Waals surface area contributed by atoms with E-state index in [9.17, 15) is 14.7 Å². The Hall–Kier alpha value is -2.37. The highest BCUT2D eigenvalue weighted by molar-refractivity contribution is 5.99. The lowest BCUT2D eigenvalue weighted by Gasteiger charge is -2.33. The summed E-state index contributed by atoms with van der Waals surface area (Å²) in [6.07, 6.45) is 3.90. The van der Waals surface area contributed by atoms with E-state index in [4.69, 9.17) is 0 Å². The van der Waals surface area contributed by atoms with Gasteiger partial charge in [-0.15, -0.1) is 0 Å². The minimum Gasteiger partial charge on any atom is -0.480 e. The van der Waals surface area contributed by atoms with Gasteiger partial charge >= 0.3 is 5.97 Å². The number of piperidine rings is 1. The number of carbonyl (C=O) groups excluding carboxylic acids is 1. The van der Waals surface area contributed by atoms with Crippen LogP contribution in [0.4, 0.5) is 0 Å². The van der Waals surface area contributed by atoms with E-state index in [2.05, 4.69) is 10.2 Å². The molecule has 1 aromatic heterocycles. The number of aromatic nitrogens is 2. The highest BCUT2D eigenvalue weighted by Gasteiger charge is 2.32. The fourth-order valence-electron chi connectivity index (χ4n) is 2.67. The number of hydrogen-bond acceptors (Lipinski definition) is 3. The van der Waals surface area contributed by atoms with E-state index in [0.717, 1.165) is 23.7 Å². The highest BCUT2D eigenvalue weighted by Crippen LogP contribution is 2.21. The molecule has 0 aliphatic carbocycles. The fourth-order valence-corrected chi connectivity index (χ4v) is 2.67. The maximum atomic E-state index is 12.5. The molecule has 6 nitrogen and oxygen atoms in total. The molecular formula is C14H15N3O3. The molecule has 1 saturated heterocycles. The highest BCUT2D eigenvalue weighted by atomic mass is 16.4. The lowest BCUT2D eigenvalue weighted by Crippen LogP contribution is -2.47. The van der Waals surface area contributed by atoms with E-state index in [1.165, 1.54) is 4.90 Å². The van der Waals surface area contributed by atoms with Gasteiger partial charge in [0.2, 0.25) is 0 Å². The average Bonchev–Trinajstić information content (AvgIpc) is 2.93. The van der Waals surface area contributed by atoms with Crippen molar-refractivity contribution in [3.63, 3.8) is 0 Å². The molecule has 2 heterocycles. The van der Waals surface area contributed by atoms with Gasteiger partial charge in [0.1, 0.15) is 6.04 Å². The number of fused-ring (bicyclic) bond motifs is 1. The zero-order valence-electron chi connectivity index (χ0n) is 10.9. The van der Waals surface area contributed by atoms with Gasteiger partial charge in [0.15, 0.2) is 0 Å². The number of carbonyl (C=O) groups is 2. The first-order chi connectivity index (χ1) is 9.66. The summed E-state index contributed by atoms with van der Waals surface area (Å²) in [5.41, 5.74) is 1.27. The standard InChI is InChI=1S/C14H15N3O3/c18-13(17-6-2-1-3-12(17)14(19)20)9-4-5-10-8-15-16-11(10)7-9/h4-5,7-8,12H,1-3,6H2,(H,15,16)(H,19,20)/t12-/m0/s1. The molecule has 20 heavy (non-hydrogen) atoms. The van der Waals surface area contributed by atoms with Crippen molar-refractivity contribution in [2.45, 2.75) is 25.3 Å². The molecule has 0 spiro atoms. The fraction of sp³-hybridized carbons (Fsp3) is 0.357. The maximum absolute atomic E-state index is 12.5. The van der Waals surface area contributed by atoms with E-state index in [0.29, 0.717) is 18.5 Å². The quantitative estimate of drug-likeness (QED) is 0.871. The molecule has 0 bridgehead atoms. The number of rotatable bonds is 2. The normalized spacial score (nSPS) is 19.2. The van der Waals surface area contributed by atoms with Gasteiger partial charge in [-0.25, -0.2) is 4.79 Å². The van der Waals surface area contributed by atoms with Gasteiger partial charge in [0.25, 0.3) is 5.91 Å². The van der Waals surface area contributed by atoms with E-state index in [1.54, 1.807) is 18.3 Å². The van der Waals surface area contributed by atoms with Gasteiger partial charge in [-0.05, 0) is 31.4 Å². The van der Waals surface area contributed by atoms with E-state index < -0.39 is 12.0 Å². The largest absolute Gasteiger partial charge is 0.480 e. The lowest BCUT2D eigenvalue weighted by molar-refractivity contribution is -0.143. The number of H-pyrrole nitrogens is 1. The van der Waals surface area contributed by atoms with Crippen molar-refractivity contribution in [1.82, 2.24) is 15.1 Å². The number of aliphatic carboxylic acids is 1. The Morgan fingerprint density at radius 3 is 3.00 bits per heavy atom. The van der Waals surface area contributed by atoms with Gasteiger partial charge in [0, 0.05) is 17.5 Å². The summed E-state index contributed by atoms with van der Waals surface area (Å²) in [5, 5.41) is 16.9. The van der Waals surface area contributed by atoms with Gasteiger partial charge in [-0.2, -0.15) is 5.10 Å². The zero-order chi connectivity index (χ0) is 14.1. The summed E-state index contributed by atoms with van der Waals surface area (Å²) in [7, 11) is 0. The molecule has 0 radical (unpaired) electrons. The van der Waals surface area contributed by atoms with Gasteiger partial charge in [0.05, 0.1) is 11.7 Å². The van der Waals surface area contributed by atoms with Crippen molar-refractivity contribution in [2.24, 2.45) is 0 Å². The van der Waals surface area contributed by atoms with Crippen LogP contribution < -0.4 is 0 Å². The summed E-state index contributed by atoms with van der Waals surface area (Å²) in [4.78, 5) is 25.2. The summed E-state index contributed by atoms with van der Waals surface area (Å²) in [6.45, 7) is 0.497. The number of benzene rings is 1. The predicted octanol–water partition coefficient (Wildman–Crippen LogP) is 1.64. The molecule has 6 heteroatoms. The predicted molar refractivity (Wildman–Crippen MR) is 72.4 cm³/mol. The van der Waals surface area contributed by atoms with Crippen LogP contribution in [0.15, 0.2) is 24.4 Å². The van der Waals surface area contributed by atoms with Crippen molar-refractivity contribution >= 4 is 22.8 Å². The lowest BCUT2D eigenvalue weighted by atomic mass is 10.0. The molecule has 3 rings (SSSR count). The number of aromatic amines is 1. The van der Waals surface area contributed by atoms with Crippen LogP contribution >= 0.6 is 0 Å². The first-order valence-electron chi connectivity index (χ1n) is 6.64. The molecule has 1 aliphatic rings. The first kappa shape index (κ1) is 12.7. The number of likely N-dealkylation sites (tertiary alicyclic amines) is 1. The van der Waals surface area contributed by atoms with Crippen LogP contribution in [0, 0.1) is 0 Å². The third-order valence-corrected chi connectivity index (χ3v) is 3.74. The molecule has 1 aromatic carbocycles. The summed E-state index contributed by atoms with van der Waals surface area (Å²) in [6, 6.07) is 4.53. The number of carboxylic acids is 1. The van der Waals surface area contributed by atoms with Crippen LogP contribution in [0.5, 0.6) is 0 Å². The third-order valence-electron chi connectivity index (χ3n) is 3.74. The van der Waals surface area contributed by atoms with Crippen molar-refractivity contribution < 1.29 is 14.7 Å². The van der Waals surface area contributed by atoms with Gasteiger partial charge in [-0.3, -0.25) is 9.89 Å².